The van der Waals surface area contributed by atoms with Crippen molar-refractivity contribution in [2.75, 3.05) is 0 Å². The van der Waals surface area contributed by atoms with Gasteiger partial charge < -0.3 is 10.2 Å². The molecule has 0 saturated heterocycles. The molecule has 0 radical (unpaired) electrons. The number of aromatic nitrogens is 2. The van der Waals surface area contributed by atoms with Gasteiger partial charge in [-0.1, -0.05) is 46.5 Å². The fraction of sp³-hybridized carbons (Fsp3) is 0.0588. The Hall–Kier alpha value is -2.30. The molecule has 0 aliphatic rings. The van der Waals surface area contributed by atoms with Crippen LogP contribution in [0, 0.1) is 0 Å². The fourth-order valence-electron chi connectivity index (χ4n) is 2.51. The Kier molecular flexibility index (Phi) is 4.11. The van der Waals surface area contributed by atoms with E-state index in [0.717, 1.165) is 0 Å². The van der Waals surface area contributed by atoms with E-state index in [4.69, 9.17) is 23.2 Å². The van der Waals surface area contributed by atoms with Crippen LogP contribution in [0.5, 0.6) is 11.9 Å². The summed E-state index contributed by atoms with van der Waals surface area (Å²) in [7, 11) is 0. The summed E-state index contributed by atoms with van der Waals surface area (Å²) < 4.78 is 2.96. The zero-order valence-corrected chi connectivity index (χ0v) is 13.6. The first-order valence-electron chi connectivity index (χ1n) is 6.89. The lowest BCUT2D eigenvalue weighted by Crippen LogP contribution is -2.46. The number of allylic oxidation sites excluding steroid dienone is 1. The highest BCUT2D eigenvalue weighted by molar-refractivity contribution is 6.42. The molecule has 2 N–H and O–H groups in total. The monoisotopic (exact) mass is 348 g/mol. The average molecular weight is 349 g/mol. The van der Waals surface area contributed by atoms with E-state index in [1.807, 2.05) is 18.2 Å². The summed E-state index contributed by atoms with van der Waals surface area (Å²) in [5, 5.41) is 22.6. The molecule has 23 heavy (non-hydrogen) atoms. The number of benzene rings is 2. The van der Waals surface area contributed by atoms with E-state index < -0.39 is 0 Å². The van der Waals surface area contributed by atoms with Crippen molar-refractivity contribution >= 4 is 34.1 Å². The van der Waals surface area contributed by atoms with Crippen molar-refractivity contribution in [3.05, 3.63) is 65.2 Å². The second-order valence-electron chi connectivity index (χ2n) is 4.97. The van der Waals surface area contributed by atoms with Crippen molar-refractivity contribution in [2.45, 2.75) is 6.54 Å². The summed E-state index contributed by atoms with van der Waals surface area (Å²) in [6.45, 7) is 4.10. The maximum Gasteiger partial charge on any atom is 0.638 e. The molecule has 4 nitrogen and oxygen atoms in total. The first-order chi connectivity index (χ1) is 11.0. The normalized spacial score (nSPS) is 10.9. The third-order valence-corrected chi connectivity index (χ3v) is 4.30. The lowest BCUT2D eigenvalue weighted by Gasteiger charge is -2.04. The lowest BCUT2D eigenvalue weighted by atomic mass is 10.2. The highest BCUT2D eigenvalue weighted by atomic mass is 35.5. The van der Waals surface area contributed by atoms with Gasteiger partial charge in [0.1, 0.15) is 0 Å². The van der Waals surface area contributed by atoms with Crippen LogP contribution in [0.4, 0.5) is 0 Å². The number of rotatable bonds is 3. The van der Waals surface area contributed by atoms with E-state index >= 15 is 0 Å². The average Bonchev–Trinajstić information content (AvgIpc) is 2.55. The number of nitrogens with zero attached hydrogens (tertiary/aromatic N) is 2. The summed E-state index contributed by atoms with van der Waals surface area (Å²) in [6, 6.07) is 12.0. The summed E-state index contributed by atoms with van der Waals surface area (Å²) >= 11 is 12.0. The predicted molar refractivity (Wildman–Crippen MR) is 89.2 cm³/mol. The Labute approximate surface area is 143 Å². The summed E-state index contributed by atoms with van der Waals surface area (Å²) in [6.07, 6.45) is 1.67. The first kappa shape index (κ1) is 15.6. The number of aromatic hydroxyl groups is 2. The molecule has 0 aliphatic carbocycles. The molecule has 0 atom stereocenters. The molecule has 0 saturated carbocycles. The van der Waals surface area contributed by atoms with Crippen LogP contribution in [0.1, 0.15) is 0 Å². The van der Waals surface area contributed by atoms with Gasteiger partial charge in [-0.3, -0.25) is 0 Å². The largest absolute Gasteiger partial charge is 0.638 e. The summed E-state index contributed by atoms with van der Waals surface area (Å²) in [5.74, 6) is -0.0863. The molecule has 1 aromatic heterocycles. The van der Waals surface area contributed by atoms with Gasteiger partial charge in [-0.15, -0.1) is 0 Å². The zero-order chi connectivity index (χ0) is 16.6. The highest BCUT2D eigenvalue weighted by Gasteiger charge is 2.34. The molecule has 3 rings (SSSR count). The van der Waals surface area contributed by atoms with Crippen LogP contribution < -0.4 is 9.13 Å². The molecule has 1 heterocycles. The van der Waals surface area contributed by atoms with Crippen molar-refractivity contribution in [3.63, 3.8) is 0 Å². The lowest BCUT2D eigenvalue weighted by molar-refractivity contribution is -0.776. The van der Waals surface area contributed by atoms with Crippen LogP contribution in [0.15, 0.2) is 55.1 Å². The Morgan fingerprint density at radius 1 is 1.04 bits per heavy atom. The Morgan fingerprint density at radius 3 is 2.48 bits per heavy atom. The minimum atomic E-state index is -0.139. The van der Waals surface area contributed by atoms with Crippen LogP contribution >= 0.6 is 23.2 Å². The molecule has 0 aliphatic heterocycles. The van der Waals surface area contributed by atoms with Crippen LogP contribution in [0.2, 0.25) is 10.0 Å². The van der Waals surface area contributed by atoms with E-state index in [2.05, 4.69) is 6.58 Å². The maximum absolute atomic E-state index is 10.7. The third kappa shape index (κ3) is 2.60. The number of fused-ring (bicyclic) bond motifs is 1. The SMILES string of the molecule is C=CC[n+]1c(O)[n+](-c2ccc(Cl)c(Cl)c2)c(O)c2ccccc21. The van der Waals surface area contributed by atoms with Gasteiger partial charge in [0, 0.05) is 18.2 Å². The van der Waals surface area contributed by atoms with Crippen molar-refractivity contribution in [3.8, 4) is 17.6 Å². The molecule has 0 amide bonds. The Balaban J connectivity index is 2.40. The third-order valence-electron chi connectivity index (χ3n) is 3.56. The van der Waals surface area contributed by atoms with E-state index in [9.17, 15) is 10.2 Å². The van der Waals surface area contributed by atoms with Gasteiger partial charge in [-0.2, -0.15) is 0 Å². The Bertz CT molecular complexity index is 926. The highest BCUT2D eigenvalue weighted by Crippen LogP contribution is 2.26. The van der Waals surface area contributed by atoms with Gasteiger partial charge in [-0.25, -0.2) is 0 Å². The molecule has 3 aromatic rings. The molecule has 6 heteroatoms. The topological polar surface area (TPSA) is 48.2 Å². The van der Waals surface area contributed by atoms with E-state index in [0.29, 0.717) is 33.2 Å². The first-order valence-corrected chi connectivity index (χ1v) is 7.65. The summed E-state index contributed by atoms with van der Waals surface area (Å²) in [5.41, 5.74) is 1.19. The van der Waals surface area contributed by atoms with Gasteiger partial charge >= 0.3 is 11.9 Å². The van der Waals surface area contributed by atoms with E-state index in [-0.39, 0.29) is 11.9 Å². The van der Waals surface area contributed by atoms with Gasteiger partial charge in [0.2, 0.25) is 11.2 Å². The number of hydrogen-bond acceptors (Lipinski definition) is 2. The number of hydrogen-bond donors (Lipinski definition) is 2. The molecule has 0 spiro atoms. The van der Waals surface area contributed by atoms with Gasteiger partial charge in [0.15, 0.2) is 11.9 Å². The minimum Gasteiger partial charge on any atom is -0.459 e. The predicted octanol–water partition coefficient (Wildman–Crippen LogP) is 3.31. The van der Waals surface area contributed by atoms with Crippen molar-refractivity contribution in [2.24, 2.45) is 0 Å². The molecule has 2 aromatic carbocycles. The Morgan fingerprint density at radius 2 is 1.78 bits per heavy atom. The van der Waals surface area contributed by atoms with Crippen LogP contribution in [-0.2, 0) is 6.54 Å². The number of para-hydroxylation sites is 1. The van der Waals surface area contributed by atoms with Crippen LogP contribution in [0.3, 0.4) is 0 Å². The van der Waals surface area contributed by atoms with Crippen LogP contribution in [-0.4, -0.2) is 10.2 Å². The zero-order valence-electron chi connectivity index (χ0n) is 12.1. The van der Waals surface area contributed by atoms with Crippen molar-refractivity contribution in [1.82, 2.24) is 0 Å². The van der Waals surface area contributed by atoms with Gasteiger partial charge in [0.05, 0.1) is 10.0 Å². The second kappa shape index (κ2) is 6.07. The standard InChI is InChI=1S/C17H12Cl2N2O2/c1-2-9-20-15-6-4-3-5-12(15)16(22)21(17(20)23)11-7-8-13(18)14(19)10-11/h2-8,10H,1,9H2/p+2. The van der Waals surface area contributed by atoms with Crippen LogP contribution in [0.25, 0.3) is 16.6 Å². The molecular formula is C17H14Cl2N2O2+2. The summed E-state index contributed by atoms with van der Waals surface area (Å²) in [4.78, 5) is 0. The maximum atomic E-state index is 10.7. The molecular weight excluding hydrogens is 335 g/mol. The van der Waals surface area contributed by atoms with Gasteiger partial charge in [0.25, 0.3) is 0 Å². The van der Waals surface area contributed by atoms with Gasteiger partial charge in [-0.05, 0) is 22.8 Å². The molecule has 0 unspecified atom stereocenters. The fourth-order valence-corrected chi connectivity index (χ4v) is 2.81. The van der Waals surface area contributed by atoms with E-state index in [1.165, 1.54) is 4.57 Å². The van der Waals surface area contributed by atoms with Crippen molar-refractivity contribution < 1.29 is 19.3 Å². The molecule has 116 valence electrons. The molecule has 0 fully saturated rings. The van der Waals surface area contributed by atoms with Crippen molar-refractivity contribution in [1.29, 1.82) is 0 Å². The molecule has 0 bridgehead atoms. The number of halogens is 2. The quantitative estimate of drug-likeness (QED) is 0.563. The minimum absolute atomic E-state index is 0.0863. The second-order valence-corrected chi connectivity index (χ2v) is 5.79. The smallest absolute Gasteiger partial charge is 0.459 e. The van der Waals surface area contributed by atoms with E-state index in [1.54, 1.807) is 34.9 Å².